The molecule has 1 N–H and O–H groups in total. The van der Waals surface area contributed by atoms with Gasteiger partial charge in [0.25, 0.3) is 0 Å². The summed E-state index contributed by atoms with van der Waals surface area (Å²) in [5.74, 6) is -0.345. The molecule has 0 saturated heterocycles. The van der Waals surface area contributed by atoms with E-state index in [0.29, 0.717) is 23.9 Å². The third-order valence-electron chi connectivity index (χ3n) is 4.45. The van der Waals surface area contributed by atoms with Crippen molar-refractivity contribution in [1.29, 1.82) is 0 Å². The second kappa shape index (κ2) is 9.21. The van der Waals surface area contributed by atoms with Crippen LogP contribution in [0.15, 0.2) is 48.7 Å². The van der Waals surface area contributed by atoms with Crippen molar-refractivity contribution in [3.05, 3.63) is 77.0 Å². The van der Waals surface area contributed by atoms with Crippen LogP contribution in [-0.2, 0) is 11.3 Å². The molecule has 0 atom stereocenters. The Kier molecular flexibility index (Phi) is 6.46. The minimum atomic E-state index is -0.742. The standard InChI is InChI=1S/C22H21F2N3O3/c1-14-12-25-27(13-15-7-9-19(29-2)20(11-15)30-3)22(14)26-21(28)10-8-16-17(23)5-4-6-18(16)24/h4-12H,13H2,1-3H3,(H,26,28)/b10-8+. The van der Waals surface area contributed by atoms with Crippen molar-refractivity contribution in [3.8, 4) is 11.5 Å². The van der Waals surface area contributed by atoms with Crippen LogP contribution in [-0.4, -0.2) is 29.9 Å². The minimum Gasteiger partial charge on any atom is -0.493 e. The van der Waals surface area contributed by atoms with Gasteiger partial charge in [0, 0.05) is 17.2 Å². The van der Waals surface area contributed by atoms with Crippen molar-refractivity contribution in [3.63, 3.8) is 0 Å². The lowest BCUT2D eigenvalue weighted by atomic mass is 10.2. The highest BCUT2D eigenvalue weighted by Gasteiger charge is 2.12. The van der Waals surface area contributed by atoms with Gasteiger partial charge in [0.2, 0.25) is 5.91 Å². The fourth-order valence-electron chi connectivity index (χ4n) is 2.90. The first-order chi connectivity index (χ1) is 14.4. The number of nitrogens with zero attached hydrogens (tertiary/aromatic N) is 2. The Balaban J connectivity index is 1.78. The summed E-state index contributed by atoms with van der Waals surface area (Å²) >= 11 is 0. The van der Waals surface area contributed by atoms with Gasteiger partial charge in [-0.3, -0.25) is 4.79 Å². The molecule has 30 heavy (non-hydrogen) atoms. The molecule has 6 nitrogen and oxygen atoms in total. The number of amides is 1. The first-order valence-corrected chi connectivity index (χ1v) is 9.09. The van der Waals surface area contributed by atoms with E-state index in [9.17, 15) is 13.6 Å². The fourth-order valence-corrected chi connectivity index (χ4v) is 2.90. The summed E-state index contributed by atoms with van der Waals surface area (Å²) < 4.78 is 39.6. The summed E-state index contributed by atoms with van der Waals surface area (Å²) in [6.45, 7) is 2.17. The number of carbonyl (C=O) groups excluding carboxylic acids is 1. The van der Waals surface area contributed by atoms with Crippen molar-refractivity contribution >= 4 is 17.8 Å². The average molecular weight is 413 g/mol. The highest BCUT2D eigenvalue weighted by atomic mass is 19.1. The second-order valence-electron chi connectivity index (χ2n) is 6.48. The van der Waals surface area contributed by atoms with Crippen LogP contribution < -0.4 is 14.8 Å². The van der Waals surface area contributed by atoms with Crippen molar-refractivity contribution in [2.24, 2.45) is 0 Å². The zero-order valence-electron chi connectivity index (χ0n) is 16.8. The summed E-state index contributed by atoms with van der Waals surface area (Å²) in [5, 5.41) is 7.01. The number of rotatable bonds is 7. The van der Waals surface area contributed by atoms with Crippen LogP contribution in [0.1, 0.15) is 16.7 Å². The van der Waals surface area contributed by atoms with Gasteiger partial charge in [-0.2, -0.15) is 5.10 Å². The van der Waals surface area contributed by atoms with E-state index in [1.54, 1.807) is 38.1 Å². The maximum absolute atomic E-state index is 13.7. The van der Waals surface area contributed by atoms with Gasteiger partial charge in [-0.1, -0.05) is 12.1 Å². The Bertz CT molecular complexity index is 1070. The molecule has 0 bridgehead atoms. The van der Waals surface area contributed by atoms with E-state index in [1.807, 2.05) is 12.1 Å². The maximum Gasteiger partial charge on any atom is 0.249 e. The molecule has 0 radical (unpaired) electrons. The third kappa shape index (κ3) is 4.65. The van der Waals surface area contributed by atoms with Gasteiger partial charge in [0.05, 0.1) is 27.0 Å². The molecule has 1 heterocycles. The van der Waals surface area contributed by atoms with E-state index in [1.165, 1.54) is 6.07 Å². The van der Waals surface area contributed by atoms with Crippen LogP contribution in [0.3, 0.4) is 0 Å². The molecule has 0 aliphatic heterocycles. The number of carbonyl (C=O) groups is 1. The first kappa shape index (κ1) is 21.0. The van der Waals surface area contributed by atoms with E-state index in [0.717, 1.165) is 35.4 Å². The van der Waals surface area contributed by atoms with Gasteiger partial charge in [0.1, 0.15) is 17.5 Å². The van der Waals surface area contributed by atoms with Gasteiger partial charge in [-0.25, -0.2) is 13.5 Å². The number of methoxy groups -OCH3 is 2. The lowest BCUT2D eigenvalue weighted by Gasteiger charge is -2.12. The summed E-state index contributed by atoms with van der Waals surface area (Å²) in [7, 11) is 3.11. The first-order valence-electron chi connectivity index (χ1n) is 9.09. The zero-order valence-corrected chi connectivity index (χ0v) is 16.8. The molecule has 0 fully saturated rings. The van der Waals surface area contributed by atoms with Crippen molar-refractivity contribution in [1.82, 2.24) is 9.78 Å². The quantitative estimate of drug-likeness (QED) is 0.590. The SMILES string of the molecule is COc1ccc(Cn2ncc(C)c2NC(=O)/C=C/c2c(F)cccc2F)cc1OC. The number of hydrogen-bond donors (Lipinski definition) is 1. The van der Waals surface area contributed by atoms with Crippen LogP contribution in [0.4, 0.5) is 14.6 Å². The molecule has 0 aliphatic carbocycles. The van der Waals surface area contributed by atoms with Gasteiger partial charge in [-0.05, 0) is 42.8 Å². The van der Waals surface area contributed by atoms with Crippen LogP contribution in [0, 0.1) is 18.6 Å². The van der Waals surface area contributed by atoms with Gasteiger partial charge in [-0.15, -0.1) is 0 Å². The number of benzene rings is 2. The Labute approximate surface area is 172 Å². The number of aryl methyl sites for hydroxylation is 1. The van der Waals surface area contributed by atoms with Crippen LogP contribution >= 0.6 is 0 Å². The second-order valence-corrected chi connectivity index (χ2v) is 6.48. The Morgan fingerprint density at radius 1 is 1.13 bits per heavy atom. The molecule has 8 heteroatoms. The van der Waals surface area contributed by atoms with E-state index in [2.05, 4.69) is 10.4 Å². The van der Waals surface area contributed by atoms with E-state index in [4.69, 9.17) is 9.47 Å². The van der Waals surface area contributed by atoms with Gasteiger partial charge < -0.3 is 14.8 Å². The molecular weight excluding hydrogens is 392 g/mol. The molecule has 156 valence electrons. The average Bonchev–Trinajstić information content (AvgIpc) is 3.06. The third-order valence-corrected chi connectivity index (χ3v) is 4.45. The maximum atomic E-state index is 13.7. The number of anilines is 1. The number of halogens is 2. The Morgan fingerprint density at radius 3 is 2.50 bits per heavy atom. The highest BCUT2D eigenvalue weighted by molar-refractivity contribution is 6.01. The Morgan fingerprint density at radius 2 is 1.83 bits per heavy atom. The van der Waals surface area contributed by atoms with Crippen molar-refractivity contribution in [2.45, 2.75) is 13.5 Å². The van der Waals surface area contributed by atoms with Crippen molar-refractivity contribution in [2.75, 3.05) is 19.5 Å². The van der Waals surface area contributed by atoms with Gasteiger partial charge >= 0.3 is 0 Å². The molecule has 3 aromatic rings. The van der Waals surface area contributed by atoms with Crippen LogP contribution in [0.25, 0.3) is 6.08 Å². The minimum absolute atomic E-state index is 0.275. The highest BCUT2D eigenvalue weighted by Crippen LogP contribution is 2.28. The molecule has 1 amide bonds. The van der Waals surface area contributed by atoms with E-state index in [-0.39, 0.29) is 5.56 Å². The predicted octanol–water partition coefficient (Wildman–Crippen LogP) is 4.19. The fraction of sp³-hybridized carbons (Fsp3) is 0.182. The monoisotopic (exact) mass is 413 g/mol. The number of ether oxygens (including phenoxy) is 2. The molecule has 0 unspecified atom stereocenters. The largest absolute Gasteiger partial charge is 0.493 e. The molecule has 2 aromatic carbocycles. The normalized spacial score (nSPS) is 11.0. The van der Waals surface area contributed by atoms with E-state index < -0.39 is 17.5 Å². The lowest BCUT2D eigenvalue weighted by molar-refractivity contribution is -0.111. The number of aromatic nitrogens is 2. The molecule has 1 aromatic heterocycles. The molecule has 0 aliphatic rings. The van der Waals surface area contributed by atoms with Crippen LogP contribution in [0.2, 0.25) is 0 Å². The smallest absolute Gasteiger partial charge is 0.249 e. The van der Waals surface area contributed by atoms with E-state index >= 15 is 0 Å². The molecule has 3 rings (SSSR count). The lowest BCUT2D eigenvalue weighted by Crippen LogP contribution is -2.14. The topological polar surface area (TPSA) is 65.4 Å². The van der Waals surface area contributed by atoms with Gasteiger partial charge in [0.15, 0.2) is 11.5 Å². The summed E-state index contributed by atoms with van der Waals surface area (Å²) in [4.78, 5) is 12.3. The van der Waals surface area contributed by atoms with Crippen molar-refractivity contribution < 1.29 is 23.0 Å². The van der Waals surface area contributed by atoms with Crippen LogP contribution in [0.5, 0.6) is 11.5 Å². The predicted molar refractivity (Wildman–Crippen MR) is 110 cm³/mol. The summed E-state index contributed by atoms with van der Waals surface area (Å²) in [5.41, 5.74) is 1.35. The Hall–Kier alpha value is -3.68. The molecule has 0 spiro atoms. The number of nitrogens with one attached hydrogen (secondary N) is 1. The zero-order chi connectivity index (χ0) is 21.7. The molecule has 0 saturated carbocycles. The molecular formula is C22H21F2N3O3. The summed E-state index contributed by atoms with van der Waals surface area (Å²) in [6, 6.07) is 8.99. The summed E-state index contributed by atoms with van der Waals surface area (Å²) in [6.07, 6.45) is 3.80. The number of hydrogen-bond acceptors (Lipinski definition) is 4.